The highest BCUT2D eigenvalue weighted by Crippen LogP contribution is 2.27. The molecule has 5 heteroatoms. The number of carbonyl (C=O) groups is 2. The Hall–Kier alpha value is -2.04. The van der Waals surface area contributed by atoms with Crippen LogP contribution in [0.1, 0.15) is 43.0 Å². The number of urea groups is 1. The predicted molar refractivity (Wildman–Crippen MR) is 77.1 cm³/mol. The molecule has 1 aromatic rings. The van der Waals surface area contributed by atoms with Crippen molar-refractivity contribution in [3.8, 4) is 0 Å². The molecule has 0 atom stereocenters. The third-order valence-electron chi connectivity index (χ3n) is 3.36. The Labute approximate surface area is 118 Å². The van der Waals surface area contributed by atoms with Crippen LogP contribution in [0.5, 0.6) is 0 Å². The van der Waals surface area contributed by atoms with Crippen LogP contribution in [-0.2, 0) is 0 Å². The largest absolute Gasteiger partial charge is 0.478 e. The van der Waals surface area contributed by atoms with Gasteiger partial charge in [-0.15, -0.1) is 0 Å². The monoisotopic (exact) mass is 276 g/mol. The van der Waals surface area contributed by atoms with Crippen molar-refractivity contribution in [1.82, 2.24) is 4.90 Å². The smallest absolute Gasteiger partial charge is 0.335 e. The molecule has 0 aliphatic heterocycles. The van der Waals surface area contributed by atoms with Crippen LogP contribution in [0.4, 0.5) is 10.5 Å². The lowest BCUT2D eigenvalue weighted by atomic mass is 10.2. The number of hydrogen-bond donors (Lipinski definition) is 2. The summed E-state index contributed by atoms with van der Waals surface area (Å²) in [5.74, 6) is -0.994. The van der Waals surface area contributed by atoms with E-state index in [9.17, 15) is 9.59 Å². The topological polar surface area (TPSA) is 69.6 Å². The summed E-state index contributed by atoms with van der Waals surface area (Å²) >= 11 is 0. The first-order valence-electron chi connectivity index (χ1n) is 7.02. The number of nitrogens with zero attached hydrogens (tertiary/aromatic N) is 1. The molecule has 0 unspecified atom stereocenters. The number of carboxylic acids is 1. The van der Waals surface area contributed by atoms with Gasteiger partial charge >= 0.3 is 12.0 Å². The van der Waals surface area contributed by atoms with E-state index in [4.69, 9.17) is 5.11 Å². The first-order valence-corrected chi connectivity index (χ1v) is 7.02. The Kier molecular flexibility index (Phi) is 4.61. The minimum absolute atomic E-state index is 0.136. The van der Waals surface area contributed by atoms with E-state index in [2.05, 4.69) is 12.2 Å². The van der Waals surface area contributed by atoms with Crippen LogP contribution in [0.15, 0.2) is 24.3 Å². The third kappa shape index (κ3) is 3.73. The first-order chi connectivity index (χ1) is 9.61. The number of benzene rings is 1. The van der Waals surface area contributed by atoms with Gasteiger partial charge in [-0.05, 0) is 37.5 Å². The van der Waals surface area contributed by atoms with Gasteiger partial charge in [0.2, 0.25) is 0 Å². The molecule has 108 valence electrons. The van der Waals surface area contributed by atoms with Gasteiger partial charge in [0.15, 0.2) is 0 Å². The van der Waals surface area contributed by atoms with Crippen molar-refractivity contribution in [2.75, 3.05) is 11.9 Å². The molecule has 1 fully saturated rings. The van der Waals surface area contributed by atoms with E-state index < -0.39 is 5.97 Å². The zero-order valence-electron chi connectivity index (χ0n) is 11.6. The van der Waals surface area contributed by atoms with Crippen LogP contribution in [0.25, 0.3) is 0 Å². The second kappa shape index (κ2) is 6.41. The minimum atomic E-state index is -0.994. The normalized spacial score (nSPS) is 13.8. The summed E-state index contributed by atoms with van der Waals surface area (Å²) in [7, 11) is 0. The molecule has 1 aliphatic rings. The van der Waals surface area contributed by atoms with Crippen molar-refractivity contribution in [1.29, 1.82) is 0 Å². The summed E-state index contributed by atoms with van der Waals surface area (Å²) in [5, 5.41) is 11.7. The number of carbonyl (C=O) groups excluding carboxylic acids is 1. The number of hydrogen-bond acceptors (Lipinski definition) is 2. The number of rotatable bonds is 6. The van der Waals surface area contributed by atoms with Crippen molar-refractivity contribution in [2.45, 2.75) is 38.6 Å². The molecule has 2 rings (SSSR count). The third-order valence-corrected chi connectivity index (χ3v) is 3.36. The number of unbranched alkanes of at least 4 members (excludes halogenated alkanes) is 1. The summed E-state index contributed by atoms with van der Waals surface area (Å²) in [6, 6.07) is 6.54. The van der Waals surface area contributed by atoms with Gasteiger partial charge in [0.05, 0.1) is 5.56 Å². The van der Waals surface area contributed by atoms with Gasteiger partial charge in [-0.25, -0.2) is 9.59 Å². The van der Waals surface area contributed by atoms with E-state index in [0.717, 1.165) is 32.2 Å². The molecule has 20 heavy (non-hydrogen) atoms. The lowest BCUT2D eigenvalue weighted by molar-refractivity contribution is 0.0697. The summed E-state index contributed by atoms with van der Waals surface area (Å²) in [5.41, 5.74) is 0.700. The average molecular weight is 276 g/mol. The molecule has 0 saturated heterocycles. The zero-order valence-corrected chi connectivity index (χ0v) is 11.6. The van der Waals surface area contributed by atoms with Crippen molar-refractivity contribution in [3.05, 3.63) is 29.8 Å². The maximum Gasteiger partial charge on any atom is 0.335 e. The predicted octanol–water partition coefficient (Wildman–Crippen LogP) is 3.18. The van der Waals surface area contributed by atoms with Crippen LogP contribution in [0.2, 0.25) is 0 Å². The molecule has 5 nitrogen and oxygen atoms in total. The minimum Gasteiger partial charge on any atom is -0.478 e. The molecule has 0 heterocycles. The SMILES string of the molecule is CCCCN(C(=O)Nc1cccc(C(=O)O)c1)C1CC1. The van der Waals surface area contributed by atoms with Gasteiger partial charge in [-0.3, -0.25) is 0 Å². The standard InChI is InChI=1S/C15H20N2O3/c1-2-3-9-17(13-7-8-13)15(20)16-12-6-4-5-11(10-12)14(18)19/h4-6,10,13H,2-3,7-9H2,1H3,(H,16,20)(H,18,19). The highest BCUT2D eigenvalue weighted by molar-refractivity contribution is 5.93. The van der Waals surface area contributed by atoms with Crippen molar-refractivity contribution in [3.63, 3.8) is 0 Å². The Balaban J connectivity index is 2.01. The van der Waals surface area contributed by atoms with E-state index >= 15 is 0 Å². The Bertz CT molecular complexity index is 498. The molecule has 0 radical (unpaired) electrons. The van der Waals surface area contributed by atoms with Gasteiger partial charge in [0.1, 0.15) is 0 Å². The average Bonchev–Trinajstić information content (AvgIpc) is 3.24. The summed E-state index contributed by atoms with van der Waals surface area (Å²) in [4.78, 5) is 25.0. The Morgan fingerprint density at radius 3 is 2.75 bits per heavy atom. The molecule has 0 aromatic heterocycles. The second-order valence-corrected chi connectivity index (χ2v) is 5.09. The molecule has 0 spiro atoms. The summed E-state index contributed by atoms with van der Waals surface area (Å²) in [6.45, 7) is 2.85. The van der Waals surface area contributed by atoms with Gasteiger partial charge in [0, 0.05) is 18.3 Å². The van der Waals surface area contributed by atoms with E-state index in [0.29, 0.717) is 11.7 Å². The van der Waals surface area contributed by atoms with Gasteiger partial charge in [0.25, 0.3) is 0 Å². The van der Waals surface area contributed by atoms with Crippen LogP contribution in [0.3, 0.4) is 0 Å². The van der Waals surface area contributed by atoms with Crippen molar-refractivity contribution in [2.24, 2.45) is 0 Å². The van der Waals surface area contributed by atoms with Gasteiger partial charge in [-0.2, -0.15) is 0 Å². The van der Waals surface area contributed by atoms with E-state index in [-0.39, 0.29) is 11.6 Å². The maximum absolute atomic E-state index is 12.2. The lowest BCUT2D eigenvalue weighted by Gasteiger charge is -2.22. The molecular weight excluding hydrogens is 256 g/mol. The second-order valence-electron chi connectivity index (χ2n) is 5.09. The highest BCUT2D eigenvalue weighted by atomic mass is 16.4. The van der Waals surface area contributed by atoms with E-state index in [1.807, 2.05) is 4.90 Å². The quantitative estimate of drug-likeness (QED) is 0.838. The summed E-state index contributed by atoms with van der Waals surface area (Å²) < 4.78 is 0. The lowest BCUT2D eigenvalue weighted by Crippen LogP contribution is -2.37. The molecule has 1 aliphatic carbocycles. The number of carboxylic acid groups (broad SMARTS) is 1. The number of aromatic carboxylic acids is 1. The highest BCUT2D eigenvalue weighted by Gasteiger charge is 2.32. The van der Waals surface area contributed by atoms with Crippen LogP contribution in [-0.4, -0.2) is 34.6 Å². The number of amides is 2. The zero-order chi connectivity index (χ0) is 14.5. The fourth-order valence-electron chi connectivity index (χ4n) is 2.09. The van der Waals surface area contributed by atoms with Crippen molar-refractivity contribution >= 4 is 17.7 Å². The van der Waals surface area contributed by atoms with Gasteiger partial charge in [-0.1, -0.05) is 19.4 Å². The molecule has 2 amide bonds. The van der Waals surface area contributed by atoms with Crippen LogP contribution in [0, 0.1) is 0 Å². The molecule has 1 aromatic carbocycles. The Morgan fingerprint density at radius 2 is 2.15 bits per heavy atom. The molecule has 0 bridgehead atoms. The fourth-order valence-corrected chi connectivity index (χ4v) is 2.09. The van der Waals surface area contributed by atoms with Gasteiger partial charge < -0.3 is 15.3 Å². The Morgan fingerprint density at radius 1 is 1.40 bits per heavy atom. The first kappa shape index (κ1) is 14.4. The number of anilines is 1. The van der Waals surface area contributed by atoms with E-state index in [1.54, 1.807) is 12.1 Å². The molecular formula is C15H20N2O3. The van der Waals surface area contributed by atoms with E-state index in [1.165, 1.54) is 12.1 Å². The summed E-state index contributed by atoms with van der Waals surface area (Å²) in [6.07, 6.45) is 4.16. The van der Waals surface area contributed by atoms with Crippen molar-refractivity contribution < 1.29 is 14.7 Å². The van der Waals surface area contributed by atoms with Crippen LogP contribution < -0.4 is 5.32 Å². The fraction of sp³-hybridized carbons (Fsp3) is 0.467. The maximum atomic E-state index is 12.2. The molecule has 1 saturated carbocycles. The molecule has 2 N–H and O–H groups in total. The van der Waals surface area contributed by atoms with Crippen LogP contribution >= 0.6 is 0 Å². The number of nitrogens with one attached hydrogen (secondary N) is 1.